The number of aryl methyl sites for hydroxylation is 3. The van der Waals surface area contributed by atoms with Gasteiger partial charge in [0.2, 0.25) is 0 Å². The van der Waals surface area contributed by atoms with Gasteiger partial charge in [0, 0.05) is 10.2 Å². The fourth-order valence-electron chi connectivity index (χ4n) is 1.81. The summed E-state index contributed by atoms with van der Waals surface area (Å²) >= 11 is 10.2. The molecule has 0 atom stereocenters. The van der Waals surface area contributed by atoms with E-state index in [9.17, 15) is 8.42 Å². The maximum atomic E-state index is 12.3. The van der Waals surface area contributed by atoms with Gasteiger partial charge in [-0.15, -0.1) is 0 Å². The van der Waals surface area contributed by atoms with Crippen LogP contribution in [0.5, 0.6) is 0 Å². The average molecular weight is 396 g/mol. The van der Waals surface area contributed by atoms with Gasteiger partial charge in [0.15, 0.2) is 8.68 Å². The number of rotatable bonds is 3. The Morgan fingerprint density at radius 3 is 2.25 bits per heavy atom. The van der Waals surface area contributed by atoms with E-state index in [-0.39, 0.29) is 8.68 Å². The van der Waals surface area contributed by atoms with E-state index in [1.54, 1.807) is 19.1 Å². The zero-order valence-corrected chi connectivity index (χ0v) is 15.0. The molecule has 0 saturated heterocycles. The summed E-state index contributed by atoms with van der Waals surface area (Å²) < 4.78 is 28.5. The second-order valence-electron chi connectivity index (χ2n) is 4.37. The van der Waals surface area contributed by atoms with Crippen molar-refractivity contribution in [2.45, 2.75) is 25.0 Å². The van der Waals surface area contributed by atoms with E-state index in [4.69, 9.17) is 11.6 Å². The fraction of sp³-hybridized carbons (Fsp3) is 0.250. The van der Waals surface area contributed by atoms with Gasteiger partial charge in [0.25, 0.3) is 10.0 Å². The predicted octanol–water partition coefficient (Wildman–Crippen LogP) is 4.29. The van der Waals surface area contributed by atoms with Crippen LogP contribution in [0.2, 0.25) is 4.47 Å². The molecule has 0 amide bonds. The number of halogens is 2. The van der Waals surface area contributed by atoms with Crippen LogP contribution in [0, 0.1) is 20.8 Å². The maximum Gasteiger partial charge on any atom is 0.273 e. The molecule has 1 aromatic heterocycles. The lowest BCUT2D eigenvalue weighted by Crippen LogP contribution is -2.13. The number of hydrogen-bond acceptors (Lipinski definition) is 4. The topological polar surface area (TPSA) is 59.1 Å². The van der Waals surface area contributed by atoms with E-state index in [1.165, 1.54) is 0 Å². The van der Waals surface area contributed by atoms with Gasteiger partial charge in [0.1, 0.15) is 0 Å². The summed E-state index contributed by atoms with van der Waals surface area (Å²) in [6, 6.07) is 3.54. The van der Waals surface area contributed by atoms with Crippen LogP contribution in [0.3, 0.4) is 0 Å². The molecule has 0 aliphatic rings. The van der Waals surface area contributed by atoms with Crippen LogP contribution < -0.4 is 4.72 Å². The molecular formula is C12H12BrClN2O2S2. The van der Waals surface area contributed by atoms with Gasteiger partial charge >= 0.3 is 0 Å². The number of sulfonamides is 1. The van der Waals surface area contributed by atoms with Crippen LogP contribution >= 0.6 is 38.9 Å². The number of benzene rings is 1. The molecule has 2 rings (SSSR count). The van der Waals surface area contributed by atoms with E-state index >= 15 is 0 Å². The minimum atomic E-state index is -3.66. The minimum absolute atomic E-state index is 0.140. The van der Waals surface area contributed by atoms with Gasteiger partial charge in [-0.1, -0.05) is 38.9 Å². The standard InChI is InChI=1S/C12H12BrClN2O2S2/c1-6-4-9(5-7(2)10(6)13)16-20(17,18)11-8(3)15-12(14)19-11/h4-5,16H,1-3H3. The highest BCUT2D eigenvalue weighted by Crippen LogP contribution is 2.30. The van der Waals surface area contributed by atoms with Crippen molar-refractivity contribution in [2.75, 3.05) is 4.72 Å². The van der Waals surface area contributed by atoms with E-state index in [1.807, 2.05) is 13.8 Å². The summed E-state index contributed by atoms with van der Waals surface area (Å²) in [5.41, 5.74) is 2.84. The lowest BCUT2D eigenvalue weighted by atomic mass is 10.1. The van der Waals surface area contributed by atoms with Crippen LogP contribution in [0.25, 0.3) is 0 Å². The third-order valence-corrected chi connectivity index (χ3v) is 7.16. The first-order valence-corrected chi connectivity index (χ1v) is 9.10. The summed E-state index contributed by atoms with van der Waals surface area (Å²) in [7, 11) is -3.66. The molecule has 1 heterocycles. The normalized spacial score (nSPS) is 11.7. The van der Waals surface area contributed by atoms with Crippen molar-refractivity contribution in [3.05, 3.63) is 37.9 Å². The monoisotopic (exact) mass is 394 g/mol. The second-order valence-corrected chi connectivity index (χ2v) is 8.62. The molecule has 0 aliphatic carbocycles. The van der Waals surface area contributed by atoms with Crippen LogP contribution in [-0.4, -0.2) is 13.4 Å². The molecule has 0 fully saturated rings. The Morgan fingerprint density at radius 2 is 1.80 bits per heavy atom. The minimum Gasteiger partial charge on any atom is -0.279 e. The van der Waals surface area contributed by atoms with Crippen molar-refractivity contribution in [3.63, 3.8) is 0 Å². The van der Waals surface area contributed by atoms with Gasteiger partial charge in [-0.2, -0.15) is 0 Å². The molecule has 0 spiro atoms. The molecule has 0 unspecified atom stereocenters. The van der Waals surface area contributed by atoms with Crippen molar-refractivity contribution < 1.29 is 8.42 Å². The van der Waals surface area contributed by atoms with Crippen LogP contribution in [0.4, 0.5) is 5.69 Å². The maximum absolute atomic E-state index is 12.3. The molecule has 0 saturated carbocycles. The van der Waals surface area contributed by atoms with E-state index in [0.717, 1.165) is 26.9 Å². The zero-order valence-electron chi connectivity index (χ0n) is 11.0. The van der Waals surface area contributed by atoms with Gasteiger partial charge < -0.3 is 0 Å². The summed E-state index contributed by atoms with van der Waals surface area (Å²) in [5, 5.41) is 0. The van der Waals surface area contributed by atoms with Gasteiger partial charge in [-0.05, 0) is 44.0 Å². The SMILES string of the molecule is Cc1cc(NS(=O)(=O)c2sc(Cl)nc2C)cc(C)c1Br. The fourth-order valence-corrected chi connectivity index (χ4v) is 4.82. The second kappa shape index (κ2) is 5.63. The first kappa shape index (κ1) is 15.8. The summed E-state index contributed by atoms with van der Waals surface area (Å²) in [5.74, 6) is 0. The highest BCUT2D eigenvalue weighted by molar-refractivity contribution is 9.10. The molecule has 1 N–H and O–H groups in total. The summed E-state index contributed by atoms with van der Waals surface area (Å²) in [6.45, 7) is 5.43. The van der Waals surface area contributed by atoms with Gasteiger partial charge in [-0.3, -0.25) is 4.72 Å². The van der Waals surface area contributed by atoms with E-state index in [0.29, 0.717) is 11.4 Å². The van der Waals surface area contributed by atoms with Crippen molar-refractivity contribution in [3.8, 4) is 0 Å². The first-order valence-electron chi connectivity index (χ1n) is 5.63. The number of aromatic nitrogens is 1. The summed E-state index contributed by atoms with van der Waals surface area (Å²) in [4.78, 5) is 3.93. The lowest BCUT2D eigenvalue weighted by molar-refractivity contribution is 0.602. The Morgan fingerprint density at radius 1 is 1.25 bits per heavy atom. The van der Waals surface area contributed by atoms with Crippen molar-refractivity contribution in [1.82, 2.24) is 4.98 Å². The Kier molecular flexibility index (Phi) is 4.44. The van der Waals surface area contributed by atoms with E-state index < -0.39 is 10.0 Å². The molecule has 2 aromatic rings. The molecule has 20 heavy (non-hydrogen) atoms. The number of anilines is 1. The van der Waals surface area contributed by atoms with E-state index in [2.05, 4.69) is 25.6 Å². The number of nitrogens with one attached hydrogen (secondary N) is 1. The van der Waals surface area contributed by atoms with Gasteiger partial charge in [-0.25, -0.2) is 13.4 Å². The third kappa shape index (κ3) is 3.16. The highest BCUT2D eigenvalue weighted by Gasteiger charge is 2.22. The highest BCUT2D eigenvalue weighted by atomic mass is 79.9. The Hall–Kier alpha value is -0.630. The summed E-state index contributed by atoms with van der Waals surface area (Å²) in [6.07, 6.45) is 0. The van der Waals surface area contributed by atoms with Crippen LogP contribution in [0.1, 0.15) is 16.8 Å². The molecule has 4 nitrogen and oxygen atoms in total. The molecule has 0 bridgehead atoms. The van der Waals surface area contributed by atoms with Crippen molar-refractivity contribution in [2.24, 2.45) is 0 Å². The zero-order chi connectivity index (χ0) is 15.1. The average Bonchev–Trinajstić information content (AvgIpc) is 2.65. The third-order valence-electron chi connectivity index (χ3n) is 2.66. The molecular weight excluding hydrogens is 384 g/mol. The molecule has 0 radical (unpaired) electrons. The Bertz CT molecular complexity index is 749. The number of hydrogen-bond donors (Lipinski definition) is 1. The quantitative estimate of drug-likeness (QED) is 0.843. The Balaban J connectivity index is 2.41. The molecule has 108 valence electrons. The first-order chi connectivity index (χ1) is 9.20. The van der Waals surface area contributed by atoms with Crippen molar-refractivity contribution in [1.29, 1.82) is 0 Å². The van der Waals surface area contributed by atoms with Crippen molar-refractivity contribution >= 4 is 54.6 Å². The smallest absolute Gasteiger partial charge is 0.273 e. The lowest BCUT2D eigenvalue weighted by Gasteiger charge is -2.10. The largest absolute Gasteiger partial charge is 0.279 e. The van der Waals surface area contributed by atoms with Crippen LogP contribution in [-0.2, 0) is 10.0 Å². The van der Waals surface area contributed by atoms with Gasteiger partial charge in [0.05, 0.1) is 5.69 Å². The molecule has 0 aliphatic heterocycles. The Labute approximate surface area is 135 Å². The van der Waals surface area contributed by atoms with Crippen LogP contribution in [0.15, 0.2) is 20.8 Å². The predicted molar refractivity (Wildman–Crippen MR) is 86.3 cm³/mol. The number of nitrogens with zero attached hydrogens (tertiary/aromatic N) is 1. The molecule has 1 aromatic carbocycles. The molecule has 8 heteroatoms. The number of thiazole rings is 1.